The molecule has 1 aliphatic rings. The number of rotatable bonds is 2. The highest BCUT2D eigenvalue weighted by atomic mass is 16.4. The van der Waals surface area contributed by atoms with E-state index in [1.807, 2.05) is 25.1 Å². The van der Waals surface area contributed by atoms with E-state index in [0.717, 1.165) is 6.42 Å². The van der Waals surface area contributed by atoms with Crippen molar-refractivity contribution in [2.75, 3.05) is 0 Å². The minimum absolute atomic E-state index is 0.137. The first-order valence-electron chi connectivity index (χ1n) is 4.48. The van der Waals surface area contributed by atoms with Gasteiger partial charge in [-0.3, -0.25) is 4.79 Å². The number of carboxylic acids is 1. The molecule has 0 radical (unpaired) electrons. The van der Waals surface area contributed by atoms with Gasteiger partial charge in [-0.1, -0.05) is 29.8 Å². The van der Waals surface area contributed by atoms with Crippen molar-refractivity contribution in [3.8, 4) is 0 Å². The summed E-state index contributed by atoms with van der Waals surface area (Å²) in [4.78, 5) is 10.6. The molecular weight excluding hydrogens is 164 g/mol. The number of hydrogen-bond donors (Lipinski definition) is 1. The molecule has 1 aliphatic carbocycles. The molecule has 2 heteroatoms. The maximum atomic E-state index is 10.6. The van der Waals surface area contributed by atoms with E-state index in [2.05, 4.69) is 6.07 Å². The van der Waals surface area contributed by atoms with Crippen LogP contribution in [0.15, 0.2) is 24.3 Å². The predicted octanol–water partition coefficient (Wildman–Crippen LogP) is 2.18. The van der Waals surface area contributed by atoms with Gasteiger partial charge in [-0.25, -0.2) is 0 Å². The van der Waals surface area contributed by atoms with E-state index in [-0.39, 0.29) is 11.8 Å². The second-order valence-electron chi connectivity index (χ2n) is 3.70. The summed E-state index contributed by atoms with van der Waals surface area (Å²) < 4.78 is 0. The molecule has 1 aromatic rings. The maximum Gasteiger partial charge on any atom is 0.307 e. The van der Waals surface area contributed by atoms with Crippen molar-refractivity contribution < 1.29 is 9.90 Å². The van der Waals surface area contributed by atoms with E-state index in [1.54, 1.807) is 0 Å². The summed E-state index contributed by atoms with van der Waals surface area (Å²) in [5, 5.41) is 8.75. The average molecular weight is 176 g/mol. The Morgan fingerprint density at radius 3 is 2.85 bits per heavy atom. The monoisotopic (exact) mass is 176 g/mol. The van der Waals surface area contributed by atoms with Gasteiger partial charge in [-0.2, -0.15) is 0 Å². The van der Waals surface area contributed by atoms with Gasteiger partial charge in [0.25, 0.3) is 0 Å². The van der Waals surface area contributed by atoms with Crippen LogP contribution >= 0.6 is 0 Å². The normalized spacial score (nSPS) is 25.6. The van der Waals surface area contributed by atoms with Gasteiger partial charge < -0.3 is 5.11 Å². The predicted molar refractivity (Wildman–Crippen MR) is 49.7 cm³/mol. The molecule has 1 saturated carbocycles. The molecule has 0 bridgehead atoms. The molecule has 0 aliphatic heterocycles. The molecule has 1 aromatic carbocycles. The second-order valence-corrected chi connectivity index (χ2v) is 3.70. The van der Waals surface area contributed by atoms with Crippen LogP contribution in [0.5, 0.6) is 0 Å². The molecule has 2 nitrogen and oxygen atoms in total. The standard InChI is InChI=1S/C11H12O2/c1-7-3-2-4-8(5-7)9-6-10(9)11(12)13/h2-5,9-10H,6H2,1H3,(H,12,13)/t9-,10?/m1/s1. The molecule has 0 heterocycles. The lowest BCUT2D eigenvalue weighted by Gasteiger charge is -1.99. The molecule has 0 aromatic heterocycles. The number of carboxylic acid groups (broad SMARTS) is 1. The van der Waals surface area contributed by atoms with Crippen LogP contribution < -0.4 is 0 Å². The lowest BCUT2D eigenvalue weighted by atomic mass is 10.1. The molecule has 2 atom stereocenters. The zero-order valence-corrected chi connectivity index (χ0v) is 7.53. The Hall–Kier alpha value is -1.31. The summed E-state index contributed by atoms with van der Waals surface area (Å²) >= 11 is 0. The van der Waals surface area contributed by atoms with Gasteiger partial charge in [0.2, 0.25) is 0 Å². The second kappa shape index (κ2) is 2.87. The maximum absolute atomic E-state index is 10.6. The SMILES string of the molecule is Cc1cccc([C@H]2CC2C(=O)O)c1. The van der Waals surface area contributed by atoms with Gasteiger partial charge in [-0.05, 0) is 24.8 Å². The molecule has 1 unspecified atom stereocenters. The van der Waals surface area contributed by atoms with Crippen molar-refractivity contribution in [1.29, 1.82) is 0 Å². The molecule has 13 heavy (non-hydrogen) atoms. The van der Waals surface area contributed by atoms with Crippen molar-refractivity contribution in [3.05, 3.63) is 35.4 Å². The minimum atomic E-state index is -0.661. The molecule has 0 saturated heterocycles. The van der Waals surface area contributed by atoms with Gasteiger partial charge in [0.05, 0.1) is 5.92 Å². The van der Waals surface area contributed by atoms with Crippen LogP contribution in [-0.2, 0) is 4.79 Å². The lowest BCUT2D eigenvalue weighted by molar-refractivity contribution is -0.138. The number of aryl methyl sites for hydroxylation is 1. The van der Waals surface area contributed by atoms with Crippen LogP contribution in [0.25, 0.3) is 0 Å². The summed E-state index contributed by atoms with van der Waals surface area (Å²) in [5.74, 6) is -0.536. The zero-order valence-electron chi connectivity index (χ0n) is 7.53. The quantitative estimate of drug-likeness (QED) is 0.749. The third-order valence-corrected chi connectivity index (χ3v) is 2.58. The Morgan fingerprint density at radius 1 is 1.54 bits per heavy atom. The number of carbonyl (C=O) groups is 1. The summed E-state index contributed by atoms with van der Waals surface area (Å²) in [7, 11) is 0. The third-order valence-electron chi connectivity index (χ3n) is 2.58. The summed E-state index contributed by atoms with van der Waals surface area (Å²) in [6.07, 6.45) is 0.804. The van der Waals surface area contributed by atoms with Crippen molar-refractivity contribution in [3.63, 3.8) is 0 Å². The van der Waals surface area contributed by atoms with Gasteiger partial charge in [0.1, 0.15) is 0 Å². The van der Waals surface area contributed by atoms with Crippen LogP contribution in [-0.4, -0.2) is 11.1 Å². The highest BCUT2D eigenvalue weighted by Gasteiger charge is 2.43. The van der Waals surface area contributed by atoms with Crippen molar-refractivity contribution in [2.24, 2.45) is 5.92 Å². The number of benzene rings is 1. The van der Waals surface area contributed by atoms with E-state index >= 15 is 0 Å². The van der Waals surface area contributed by atoms with Crippen LogP contribution in [0.4, 0.5) is 0 Å². The first kappa shape index (κ1) is 8.30. The third kappa shape index (κ3) is 1.57. The van der Waals surface area contributed by atoms with E-state index < -0.39 is 5.97 Å². The largest absolute Gasteiger partial charge is 0.481 e. The fourth-order valence-electron chi connectivity index (χ4n) is 1.74. The van der Waals surface area contributed by atoms with Crippen LogP contribution in [0.1, 0.15) is 23.5 Å². The Kier molecular flexibility index (Phi) is 1.83. The molecule has 1 N–H and O–H groups in total. The smallest absolute Gasteiger partial charge is 0.307 e. The van der Waals surface area contributed by atoms with Crippen LogP contribution in [0.3, 0.4) is 0 Å². The Bertz CT molecular complexity index is 344. The zero-order chi connectivity index (χ0) is 9.42. The highest BCUT2D eigenvalue weighted by Crippen LogP contribution is 2.47. The number of aliphatic carboxylic acids is 1. The average Bonchev–Trinajstić information content (AvgIpc) is 2.82. The van der Waals surface area contributed by atoms with E-state index in [0.29, 0.717) is 0 Å². The van der Waals surface area contributed by atoms with E-state index in [4.69, 9.17) is 5.11 Å². The Labute approximate surface area is 77.2 Å². The van der Waals surface area contributed by atoms with Crippen LogP contribution in [0.2, 0.25) is 0 Å². The van der Waals surface area contributed by atoms with E-state index in [9.17, 15) is 4.79 Å². The number of hydrogen-bond acceptors (Lipinski definition) is 1. The van der Waals surface area contributed by atoms with Gasteiger partial charge in [-0.15, -0.1) is 0 Å². The van der Waals surface area contributed by atoms with Gasteiger partial charge in [0.15, 0.2) is 0 Å². The summed E-state index contributed by atoms with van der Waals surface area (Å²) in [5.41, 5.74) is 2.38. The molecule has 2 rings (SSSR count). The summed E-state index contributed by atoms with van der Waals surface area (Å²) in [6, 6.07) is 8.11. The Balaban J connectivity index is 2.16. The topological polar surface area (TPSA) is 37.3 Å². The molecule has 0 amide bonds. The first-order valence-corrected chi connectivity index (χ1v) is 4.48. The van der Waals surface area contributed by atoms with Crippen molar-refractivity contribution in [2.45, 2.75) is 19.3 Å². The highest BCUT2D eigenvalue weighted by molar-refractivity contribution is 5.75. The van der Waals surface area contributed by atoms with E-state index in [1.165, 1.54) is 11.1 Å². The van der Waals surface area contributed by atoms with Crippen molar-refractivity contribution in [1.82, 2.24) is 0 Å². The fourth-order valence-corrected chi connectivity index (χ4v) is 1.74. The summed E-state index contributed by atoms with van der Waals surface area (Å²) in [6.45, 7) is 2.03. The minimum Gasteiger partial charge on any atom is -0.481 e. The molecular formula is C11H12O2. The first-order chi connectivity index (χ1) is 6.18. The Morgan fingerprint density at radius 2 is 2.31 bits per heavy atom. The lowest BCUT2D eigenvalue weighted by Crippen LogP contribution is -1.98. The molecule has 1 fully saturated rings. The van der Waals surface area contributed by atoms with Crippen LogP contribution in [0, 0.1) is 12.8 Å². The van der Waals surface area contributed by atoms with Crippen molar-refractivity contribution >= 4 is 5.97 Å². The molecule has 68 valence electrons. The fraction of sp³-hybridized carbons (Fsp3) is 0.364. The molecule has 0 spiro atoms. The van der Waals surface area contributed by atoms with Gasteiger partial charge >= 0.3 is 5.97 Å². The van der Waals surface area contributed by atoms with Gasteiger partial charge in [0, 0.05) is 0 Å².